The molecule has 0 spiro atoms. The number of carboxylic acids is 1. The van der Waals surface area contributed by atoms with Crippen molar-refractivity contribution < 1.29 is 23.1 Å². The predicted molar refractivity (Wildman–Crippen MR) is 107 cm³/mol. The van der Waals surface area contributed by atoms with Crippen molar-refractivity contribution in [3.05, 3.63) is 83.7 Å². The molecule has 1 aromatic heterocycles. The molecule has 0 radical (unpaired) electrons. The van der Waals surface area contributed by atoms with E-state index < -0.39 is 22.0 Å². The highest BCUT2D eigenvalue weighted by Gasteiger charge is 2.37. The molecule has 0 saturated carbocycles. The Bertz CT molecular complexity index is 1130. The largest absolute Gasteiger partial charge is 0.497 e. The van der Waals surface area contributed by atoms with Crippen LogP contribution in [0.4, 0.5) is 0 Å². The molecule has 1 atom stereocenters. The first kappa shape index (κ1) is 19.2. The van der Waals surface area contributed by atoms with Crippen molar-refractivity contribution in [2.24, 2.45) is 0 Å². The molecule has 0 fully saturated rings. The molecule has 3 aromatic rings. The number of hydrogen-bond donors (Lipinski definition) is 1. The summed E-state index contributed by atoms with van der Waals surface area (Å²) in [7, 11) is -2.26. The second-order valence-electron chi connectivity index (χ2n) is 6.75. The van der Waals surface area contributed by atoms with E-state index in [9.17, 15) is 13.2 Å². The van der Waals surface area contributed by atoms with E-state index in [0.717, 1.165) is 11.3 Å². The van der Waals surface area contributed by atoms with Gasteiger partial charge in [-0.1, -0.05) is 12.1 Å². The van der Waals surface area contributed by atoms with Crippen molar-refractivity contribution in [2.75, 3.05) is 13.7 Å². The highest BCUT2D eigenvalue weighted by molar-refractivity contribution is 7.89. The molecule has 8 heteroatoms. The molecule has 150 valence electrons. The summed E-state index contributed by atoms with van der Waals surface area (Å²) >= 11 is 0. The Morgan fingerprint density at radius 1 is 1.03 bits per heavy atom. The maximum Gasteiger partial charge on any atom is 0.335 e. The molecule has 0 aliphatic carbocycles. The quantitative estimate of drug-likeness (QED) is 0.696. The highest BCUT2D eigenvalue weighted by Crippen LogP contribution is 2.37. The number of carboxylic acid groups (broad SMARTS) is 1. The molecule has 2 heterocycles. The molecule has 0 bridgehead atoms. The number of methoxy groups -OCH3 is 1. The maximum absolute atomic E-state index is 13.5. The van der Waals surface area contributed by atoms with Crippen LogP contribution in [0.2, 0.25) is 0 Å². The van der Waals surface area contributed by atoms with Gasteiger partial charge in [-0.25, -0.2) is 13.2 Å². The number of aromatic carboxylic acids is 1. The summed E-state index contributed by atoms with van der Waals surface area (Å²) in [4.78, 5) is 11.2. The number of carbonyl (C=O) groups is 1. The van der Waals surface area contributed by atoms with Gasteiger partial charge in [-0.15, -0.1) is 0 Å². The van der Waals surface area contributed by atoms with Crippen molar-refractivity contribution in [3.63, 3.8) is 0 Å². The Morgan fingerprint density at radius 2 is 1.72 bits per heavy atom. The standard InChI is InChI=1S/C21H20N2O5S/c1-28-17-8-4-15(5-9-17)20-19-3-2-12-22(19)13-14-23(20)29(26,27)18-10-6-16(7-11-18)21(24)25/h2-12,20H,13-14H2,1H3,(H,24,25). The van der Waals surface area contributed by atoms with Crippen LogP contribution in [0.25, 0.3) is 0 Å². The molecular formula is C21H20N2O5S. The van der Waals surface area contributed by atoms with Gasteiger partial charge in [-0.2, -0.15) is 4.31 Å². The number of fused-ring (bicyclic) bond motifs is 1. The first-order valence-electron chi connectivity index (χ1n) is 9.06. The molecule has 2 aromatic carbocycles. The zero-order valence-electron chi connectivity index (χ0n) is 15.7. The summed E-state index contributed by atoms with van der Waals surface area (Å²) in [5.41, 5.74) is 1.76. The molecule has 1 aliphatic rings. The number of rotatable bonds is 5. The minimum atomic E-state index is -3.84. The number of nitrogens with zero attached hydrogens (tertiary/aromatic N) is 2. The monoisotopic (exact) mass is 412 g/mol. The molecule has 0 amide bonds. The lowest BCUT2D eigenvalue weighted by atomic mass is 10.0. The third kappa shape index (κ3) is 3.41. The van der Waals surface area contributed by atoms with Crippen LogP contribution in [0.3, 0.4) is 0 Å². The lowest BCUT2D eigenvalue weighted by Crippen LogP contribution is -2.42. The average molecular weight is 412 g/mol. The summed E-state index contributed by atoms with van der Waals surface area (Å²) in [5, 5.41) is 9.07. The molecule has 7 nitrogen and oxygen atoms in total. The molecule has 4 rings (SSSR count). The van der Waals surface area contributed by atoms with Gasteiger partial charge in [0.25, 0.3) is 0 Å². The predicted octanol–water partition coefficient (Wildman–Crippen LogP) is 2.99. The minimum Gasteiger partial charge on any atom is -0.497 e. The van der Waals surface area contributed by atoms with Crippen LogP contribution in [-0.2, 0) is 16.6 Å². The maximum atomic E-state index is 13.5. The third-order valence-electron chi connectivity index (χ3n) is 5.13. The number of hydrogen-bond acceptors (Lipinski definition) is 4. The zero-order chi connectivity index (χ0) is 20.6. The SMILES string of the molecule is COc1ccc(C2c3cccn3CCN2S(=O)(=O)c2ccc(C(=O)O)cc2)cc1. The lowest BCUT2D eigenvalue weighted by molar-refractivity contribution is 0.0696. The number of ether oxygens (including phenoxy) is 1. The van der Waals surface area contributed by atoms with Gasteiger partial charge in [0.15, 0.2) is 0 Å². The van der Waals surface area contributed by atoms with Crippen LogP contribution >= 0.6 is 0 Å². The number of sulfonamides is 1. The van der Waals surface area contributed by atoms with Crippen molar-refractivity contribution >= 4 is 16.0 Å². The number of benzene rings is 2. The van der Waals surface area contributed by atoms with E-state index >= 15 is 0 Å². The van der Waals surface area contributed by atoms with E-state index in [-0.39, 0.29) is 10.5 Å². The van der Waals surface area contributed by atoms with Gasteiger partial charge in [0.2, 0.25) is 10.0 Å². The molecule has 29 heavy (non-hydrogen) atoms. The molecule has 1 aliphatic heterocycles. The molecule has 1 unspecified atom stereocenters. The fraction of sp³-hybridized carbons (Fsp3) is 0.190. The van der Waals surface area contributed by atoms with Gasteiger partial charge in [0.05, 0.1) is 23.6 Å². The third-order valence-corrected chi connectivity index (χ3v) is 7.01. The second kappa shape index (κ2) is 7.38. The Kier molecular flexibility index (Phi) is 4.89. The van der Waals surface area contributed by atoms with Gasteiger partial charge in [-0.3, -0.25) is 0 Å². The van der Waals surface area contributed by atoms with Crippen LogP contribution in [0.5, 0.6) is 5.75 Å². The molecule has 1 N–H and O–H groups in total. The molecular weight excluding hydrogens is 392 g/mol. The van der Waals surface area contributed by atoms with Gasteiger partial charge in [-0.05, 0) is 54.1 Å². The normalized spacial score (nSPS) is 16.9. The summed E-state index contributed by atoms with van der Waals surface area (Å²) < 4.78 is 35.6. The zero-order valence-corrected chi connectivity index (χ0v) is 16.5. The van der Waals surface area contributed by atoms with E-state index in [2.05, 4.69) is 4.57 Å². The van der Waals surface area contributed by atoms with E-state index in [1.54, 1.807) is 7.11 Å². The van der Waals surface area contributed by atoms with Gasteiger partial charge >= 0.3 is 5.97 Å². The average Bonchev–Trinajstić information content (AvgIpc) is 3.22. The molecule has 0 saturated heterocycles. The minimum absolute atomic E-state index is 0.0446. The summed E-state index contributed by atoms with van der Waals surface area (Å²) in [6, 6.07) is 16.0. The Balaban J connectivity index is 1.78. The van der Waals surface area contributed by atoms with Crippen molar-refractivity contribution in [2.45, 2.75) is 17.5 Å². The van der Waals surface area contributed by atoms with Crippen LogP contribution in [0, 0.1) is 0 Å². The van der Waals surface area contributed by atoms with E-state index in [4.69, 9.17) is 9.84 Å². The fourth-order valence-corrected chi connectivity index (χ4v) is 5.23. The summed E-state index contributed by atoms with van der Waals surface area (Å²) in [6.07, 6.45) is 1.94. The lowest BCUT2D eigenvalue weighted by Gasteiger charge is -2.36. The first-order valence-corrected chi connectivity index (χ1v) is 10.5. The highest BCUT2D eigenvalue weighted by atomic mass is 32.2. The Morgan fingerprint density at radius 3 is 2.34 bits per heavy atom. The van der Waals surface area contributed by atoms with Crippen molar-refractivity contribution in [1.29, 1.82) is 0 Å². The number of aromatic nitrogens is 1. The Hall–Kier alpha value is -3.10. The van der Waals surface area contributed by atoms with E-state index in [1.807, 2.05) is 42.6 Å². The van der Waals surface area contributed by atoms with E-state index in [1.165, 1.54) is 28.6 Å². The van der Waals surface area contributed by atoms with Crippen LogP contribution in [-0.4, -0.2) is 42.0 Å². The van der Waals surface area contributed by atoms with Gasteiger partial charge in [0.1, 0.15) is 5.75 Å². The topological polar surface area (TPSA) is 88.8 Å². The Labute approximate surface area is 168 Å². The first-order chi connectivity index (χ1) is 13.9. The van der Waals surface area contributed by atoms with E-state index in [0.29, 0.717) is 18.8 Å². The fourth-order valence-electron chi connectivity index (χ4n) is 3.65. The van der Waals surface area contributed by atoms with Crippen molar-refractivity contribution in [3.8, 4) is 5.75 Å². The summed E-state index contributed by atoms with van der Waals surface area (Å²) in [6.45, 7) is 0.850. The smallest absolute Gasteiger partial charge is 0.335 e. The van der Waals surface area contributed by atoms with Gasteiger partial charge < -0.3 is 14.4 Å². The van der Waals surface area contributed by atoms with Crippen LogP contribution in [0.1, 0.15) is 27.7 Å². The second-order valence-corrected chi connectivity index (χ2v) is 8.64. The van der Waals surface area contributed by atoms with Gasteiger partial charge in [0, 0.05) is 25.0 Å². The van der Waals surface area contributed by atoms with Crippen LogP contribution < -0.4 is 4.74 Å². The van der Waals surface area contributed by atoms with Crippen molar-refractivity contribution in [1.82, 2.24) is 8.87 Å². The van der Waals surface area contributed by atoms with Crippen LogP contribution in [0.15, 0.2) is 71.8 Å². The summed E-state index contributed by atoms with van der Waals surface area (Å²) in [5.74, 6) is -0.403.